The average Bonchev–Trinajstić information content (AvgIpc) is 2.32. The van der Waals surface area contributed by atoms with Gasteiger partial charge in [-0.3, -0.25) is 0 Å². The second kappa shape index (κ2) is 4.78. The normalized spacial score (nSPS) is 11.2. The Bertz CT molecular complexity index is 648. The lowest BCUT2D eigenvalue weighted by atomic mass is 10.2. The zero-order valence-corrected chi connectivity index (χ0v) is 10.4. The first-order chi connectivity index (χ1) is 8.47. The highest BCUT2D eigenvalue weighted by Gasteiger charge is 2.11. The first kappa shape index (κ1) is 12.6. The number of para-hydroxylation sites is 1. The Hall–Kier alpha value is -1.88. The summed E-state index contributed by atoms with van der Waals surface area (Å²) in [5.41, 5.74) is 0.958. The third-order valence-corrected chi connectivity index (χ3v) is 3.26. The van der Waals surface area contributed by atoms with E-state index in [0.717, 1.165) is 5.56 Å². The minimum atomic E-state index is -4.66. The maximum absolute atomic E-state index is 12.7. The van der Waals surface area contributed by atoms with E-state index in [1.165, 1.54) is 24.3 Å². The van der Waals surface area contributed by atoms with Crippen LogP contribution in [0.15, 0.2) is 53.4 Å². The summed E-state index contributed by atoms with van der Waals surface area (Å²) in [6.45, 7) is 1.90. The Morgan fingerprint density at radius 3 is 2.17 bits per heavy atom. The number of hydrogen-bond acceptors (Lipinski definition) is 3. The molecular formula is C13H11FO3S. The Labute approximate surface area is 105 Å². The van der Waals surface area contributed by atoms with Crippen LogP contribution in [0.5, 0.6) is 11.5 Å². The van der Waals surface area contributed by atoms with Gasteiger partial charge in [0.15, 0.2) is 0 Å². The van der Waals surface area contributed by atoms with E-state index in [-0.39, 0.29) is 4.90 Å². The van der Waals surface area contributed by atoms with Gasteiger partial charge < -0.3 is 4.74 Å². The van der Waals surface area contributed by atoms with Crippen molar-refractivity contribution in [2.24, 2.45) is 0 Å². The predicted octanol–water partition coefficient (Wildman–Crippen LogP) is 3.45. The van der Waals surface area contributed by atoms with E-state index in [2.05, 4.69) is 0 Å². The molecule has 5 heteroatoms. The fourth-order valence-electron chi connectivity index (χ4n) is 1.47. The van der Waals surface area contributed by atoms with Gasteiger partial charge in [0.1, 0.15) is 11.5 Å². The van der Waals surface area contributed by atoms with Crippen molar-refractivity contribution in [2.45, 2.75) is 11.8 Å². The van der Waals surface area contributed by atoms with E-state index >= 15 is 0 Å². The molecule has 94 valence electrons. The summed E-state index contributed by atoms with van der Waals surface area (Å²) in [5, 5.41) is 0. The summed E-state index contributed by atoms with van der Waals surface area (Å²) in [6, 6.07) is 12.6. The SMILES string of the molecule is Cc1ccccc1Oc1ccc(S(=O)(=O)F)cc1. The largest absolute Gasteiger partial charge is 0.457 e. The van der Waals surface area contributed by atoms with Gasteiger partial charge in [-0.2, -0.15) is 8.42 Å². The van der Waals surface area contributed by atoms with Crippen LogP contribution in [-0.2, 0) is 10.2 Å². The van der Waals surface area contributed by atoms with E-state index in [1.807, 2.05) is 25.1 Å². The highest BCUT2D eigenvalue weighted by Crippen LogP contribution is 2.25. The van der Waals surface area contributed by atoms with Gasteiger partial charge in [0.25, 0.3) is 0 Å². The summed E-state index contributed by atoms with van der Waals surface area (Å²) in [7, 11) is -4.66. The van der Waals surface area contributed by atoms with Crippen molar-refractivity contribution in [3.63, 3.8) is 0 Å². The summed E-state index contributed by atoms with van der Waals surface area (Å²) in [4.78, 5) is -0.375. The molecule has 0 aliphatic carbocycles. The molecule has 0 heterocycles. The van der Waals surface area contributed by atoms with Crippen molar-refractivity contribution in [2.75, 3.05) is 0 Å². The van der Waals surface area contributed by atoms with Crippen LogP contribution in [0.2, 0.25) is 0 Å². The van der Waals surface area contributed by atoms with Gasteiger partial charge in [-0.25, -0.2) is 0 Å². The van der Waals surface area contributed by atoms with Crippen LogP contribution in [0.4, 0.5) is 3.89 Å². The second-order valence-corrected chi connectivity index (χ2v) is 5.12. The van der Waals surface area contributed by atoms with Crippen LogP contribution in [0.3, 0.4) is 0 Å². The molecule has 0 unspecified atom stereocenters. The lowest BCUT2D eigenvalue weighted by molar-refractivity contribution is 0.478. The van der Waals surface area contributed by atoms with Crippen molar-refractivity contribution in [3.05, 3.63) is 54.1 Å². The summed E-state index contributed by atoms with van der Waals surface area (Å²) in [6.07, 6.45) is 0. The first-order valence-corrected chi connectivity index (χ1v) is 6.63. The van der Waals surface area contributed by atoms with Gasteiger partial charge in [0.05, 0.1) is 4.90 Å². The van der Waals surface area contributed by atoms with E-state index in [1.54, 1.807) is 6.07 Å². The molecule has 3 nitrogen and oxygen atoms in total. The molecule has 0 bridgehead atoms. The predicted molar refractivity (Wildman–Crippen MR) is 66.0 cm³/mol. The minimum absolute atomic E-state index is 0.375. The van der Waals surface area contributed by atoms with Gasteiger partial charge in [-0.05, 0) is 42.8 Å². The molecule has 0 amide bonds. The molecule has 0 aliphatic heterocycles. The fourth-order valence-corrected chi connectivity index (χ4v) is 1.93. The van der Waals surface area contributed by atoms with E-state index < -0.39 is 10.2 Å². The molecule has 0 aliphatic rings. The van der Waals surface area contributed by atoms with Crippen LogP contribution in [0, 0.1) is 6.92 Å². The molecule has 0 N–H and O–H groups in total. The van der Waals surface area contributed by atoms with Crippen molar-refractivity contribution in [3.8, 4) is 11.5 Å². The molecule has 2 rings (SSSR count). The third-order valence-electron chi connectivity index (χ3n) is 2.43. The Kier molecular flexibility index (Phi) is 3.34. The van der Waals surface area contributed by atoms with Gasteiger partial charge in [-0.15, -0.1) is 3.89 Å². The maximum atomic E-state index is 12.7. The Balaban J connectivity index is 2.24. The van der Waals surface area contributed by atoms with Crippen LogP contribution in [-0.4, -0.2) is 8.42 Å². The number of benzene rings is 2. The quantitative estimate of drug-likeness (QED) is 0.799. The number of halogens is 1. The first-order valence-electron chi connectivity index (χ1n) is 5.25. The van der Waals surface area contributed by atoms with Crippen LogP contribution < -0.4 is 4.74 Å². The number of aryl methyl sites for hydroxylation is 1. The van der Waals surface area contributed by atoms with Crippen LogP contribution >= 0.6 is 0 Å². The topological polar surface area (TPSA) is 43.4 Å². The zero-order chi connectivity index (χ0) is 13.2. The number of rotatable bonds is 3. The van der Waals surface area contributed by atoms with Crippen molar-refractivity contribution >= 4 is 10.2 Å². The molecule has 0 saturated heterocycles. The third kappa shape index (κ3) is 2.87. The molecular weight excluding hydrogens is 255 g/mol. The lowest BCUT2D eigenvalue weighted by Crippen LogP contribution is -1.92. The zero-order valence-electron chi connectivity index (χ0n) is 9.63. The standard InChI is InChI=1S/C13H11FO3S/c1-10-4-2-3-5-13(10)17-11-6-8-12(9-7-11)18(14,15)16/h2-9H,1H3. The monoisotopic (exact) mass is 266 g/mol. The molecule has 0 spiro atoms. The van der Waals surface area contributed by atoms with Gasteiger partial charge in [-0.1, -0.05) is 18.2 Å². The van der Waals surface area contributed by atoms with Gasteiger partial charge in [0, 0.05) is 0 Å². The molecule has 18 heavy (non-hydrogen) atoms. The summed E-state index contributed by atoms with van der Waals surface area (Å²) >= 11 is 0. The lowest BCUT2D eigenvalue weighted by Gasteiger charge is -2.08. The van der Waals surface area contributed by atoms with E-state index in [0.29, 0.717) is 11.5 Å². The van der Waals surface area contributed by atoms with E-state index in [4.69, 9.17) is 4.74 Å². The van der Waals surface area contributed by atoms with Gasteiger partial charge >= 0.3 is 10.2 Å². The molecule has 2 aromatic rings. The second-order valence-electron chi connectivity index (χ2n) is 3.78. The number of ether oxygens (including phenoxy) is 1. The van der Waals surface area contributed by atoms with E-state index in [9.17, 15) is 12.3 Å². The molecule has 2 aromatic carbocycles. The molecule has 0 fully saturated rings. The Morgan fingerprint density at radius 1 is 1.00 bits per heavy atom. The molecule has 0 saturated carbocycles. The van der Waals surface area contributed by atoms with Crippen molar-refractivity contribution < 1.29 is 17.0 Å². The summed E-state index contributed by atoms with van der Waals surface area (Å²) in [5.74, 6) is 1.13. The maximum Gasteiger partial charge on any atom is 0.332 e. The molecule has 0 aromatic heterocycles. The average molecular weight is 266 g/mol. The number of hydrogen-bond donors (Lipinski definition) is 0. The van der Waals surface area contributed by atoms with Crippen molar-refractivity contribution in [1.82, 2.24) is 0 Å². The van der Waals surface area contributed by atoms with Crippen LogP contribution in [0.1, 0.15) is 5.56 Å². The smallest absolute Gasteiger partial charge is 0.332 e. The fraction of sp³-hybridized carbons (Fsp3) is 0.0769. The molecule has 0 atom stereocenters. The van der Waals surface area contributed by atoms with Gasteiger partial charge in [0.2, 0.25) is 0 Å². The van der Waals surface area contributed by atoms with Crippen LogP contribution in [0.25, 0.3) is 0 Å². The summed E-state index contributed by atoms with van der Waals surface area (Å²) < 4.78 is 39.5. The highest BCUT2D eigenvalue weighted by atomic mass is 32.3. The Morgan fingerprint density at radius 2 is 1.61 bits per heavy atom. The molecule has 0 radical (unpaired) electrons. The highest BCUT2D eigenvalue weighted by molar-refractivity contribution is 7.86. The minimum Gasteiger partial charge on any atom is -0.457 e. The van der Waals surface area contributed by atoms with Crippen molar-refractivity contribution in [1.29, 1.82) is 0 Å².